The van der Waals surface area contributed by atoms with Crippen molar-refractivity contribution in [3.63, 3.8) is 0 Å². The SMILES string of the molecule is CCOC1O[C@@H]2[C@H](O1)[C@@H](COC)O[C@H]2n1cnc2c(Nc3ccc(CC(=O)Nc4ccc(CC(=O)NCCNC(C)=O)cc4)cc3)ncnc21. The van der Waals surface area contributed by atoms with E-state index in [0.29, 0.717) is 49.0 Å². The Hall–Kier alpha value is -5.00. The first kappa shape index (κ1) is 34.8. The minimum absolute atomic E-state index is 0.143. The van der Waals surface area contributed by atoms with Gasteiger partial charge in [0.2, 0.25) is 17.7 Å². The summed E-state index contributed by atoms with van der Waals surface area (Å²) >= 11 is 0. The minimum atomic E-state index is -0.788. The van der Waals surface area contributed by atoms with Crippen LogP contribution in [0.4, 0.5) is 17.2 Å². The molecule has 2 aliphatic rings. The number of hydrogen-bond acceptors (Lipinski definition) is 12. The first-order valence-corrected chi connectivity index (χ1v) is 16.3. The highest BCUT2D eigenvalue weighted by Crippen LogP contribution is 2.41. The summed E-state index contributed by atoms with van der Waals surface area (Å²) in [7, 11) is 1.61. The summed E-state index contributed by atoms with van der Waals surface area (Å²) in [5, 5.41) is 11.6. The molecule has 0 bridgehead atoms. The third kappa shape index (κ3) is 8.40. The van der Waals surface area contributed by atoms with E-state index < -0.39 is 18.8 Å². The largest absolute Gasteiger partial charge is 0.382 e. The van der Waals surface area contributed by atoms with Gasteiger partial charge in [0.05, 0.1) is 25.8 Å². The van der Waals surface area contributed by atoms with Gasteiger partial charge in [-0.3, -0.25) is 19.0 Å². The summed E-state index contributed by atoms with van der Waals surface area (Å²) in [5.74, 6) is 0.0349. The van der Waals surface area contributed by atoms with E-state index in [1.807, 2.05) is 31.2 Å². The minimum Gasteiger partial charge on any atom is -0.382 e. The highest BCUT2D eigenvalue weighted by molar-refractivity contribution is 5.92. The van der Waals surface area contributed by atoms with Crippen molar-refractivity contribution < 1.29 is 38.1 Å². The number of nitrogens with zero attached hydrogens (tertiary/aromatic N) is 4. The monoisotopic (exact) mass is 688 g/mol. The van der Waals surface area contributed by atoms with Gasteiger partial charge in [0, 0.05) is 45.1 Å². The molecule has 6 rings (SSSR count). The van der Waals surface area contributed by atoms with Crippen molar-refractivity contribution in [2.75, 3.05) is 44.0 Å². The Labute approximate surface area is 288 Å². The molecule has 2 aromatic carbocycles. The van der Waals surface area contributed by atoms with Gasteiger partial charge in [0.15, 0.2) is 23.2 Å². The van der Waals surface area contributed by atoms with Crippen LogP contribution in [-0.4, -0.2) is 95.4 Å². The fourth-order valence-corrected chi connectivity index (χ4v) is 5.80. The number of benzene rings is 2. The summed E-state index contributed by atoms with van der Waals surface area (Å²) < 4.78 is 31.0. The van der Waals surface area contributed by atoms with Gasteiger partial charge in [-0.15, -0.1) is 0 Å². The molecule has 16 nitrogen and oxygen atoms in total. The van der Waals surface area contributed by atoms with Gasteiger partial charge in [-0.05, 0) is 42.3 Å². The molecule has 5 atom stereocenters. The Bertz CT molecular complexity index is 1780. The van der Waals surface area contributed by atoms with Crippen molar-refractivity contribution >= 4 is 46.1 Å². The highest BCUT2D eigenvalue weighted by atomic mass is 16.9. The van der Waals surface area contributed by atoms with Crippen LogP contribution in [0.3, 0.4) is 0 Å². The number of nitrogens with one attached hydrogen (secondary N) is 4. The summed E-state index contributed by atoms with van der Waals surface area (Å²) in [5.41, 5.74) is 4.10. The molecule has 50 heavy (non-hydrogen) atoms. The molecule has 0 aliphatic carbocycles. The molecule has 4 heterocycles. The zero-order valence-corrected chi connectivity index (χ0v) is 28.0. The molecule has 2 aromatic heterocycles. The van der Waals surface area contributed by atoms with Crippen molar-refractivity contribution in [2.45, 2.75) is 57.7 Å². The van der Waals surface area contributed by atoms with Crippen LogP contribution in [-0.2, 0) is 50.9 Å². The van der Waals surface area contributed by atoms with Crippen LogP contribution < -0.4 is 21.3 Å². The van der Waals surface area contributed by atoms with E-state index in [0.717, 1.165) is 16.8 Å². The summed E-state index contributed by atoms with van der Waals surface area (Å²) in [6, 6.07) is 14.6. The lowest BCUT2D eigenvalue weighted by Gasteiger charge is -2.20. The predicted molar refractivity (Wildman–Crippen MR) is 180 cm³/mol. The predicted octanol–water partition coefficient (Wildman–Crippen LogP) is 2.19. The highest BCUT2D eigenvalue weighted by Gasteiger charge is 2.54. The normalized spacial score (nSPS) is 21.1. The number of hydrogen-bond donors (Lipinski definition) is 4. The number of anilines is 3. The molecule has 0 radical (unpaired) electrons. The number of ether oxygens (including phenoxy) is 5. The molecule has 4 N–H and O–H groups in total. The Morgan fingerprint density at radius 3 is 2.22 bits per heavy atom. The Balaban J connectivity index is 1.03. The number of methoxy groups -OCH3 is 1. The van der Waals surface area contributed by atoms with Crippen molar-refractivity contribution in [1.82, 2.24) is 30.2 Å². The quantitative estimate of drug-likeness (QED) is 0.134. The van der Waals surface area contributed by atoms with Crippen LogP contribution in [0.1, 0.15) is 31.2 Å². The fraction of sp³-hybridized carbons (Fsp3) is 0.412. The number of rotatable bonds is 15. The standard InChI is InChI=1S/C34H40N8O8/c1-4-47-34-49-29-25(17-46-3)48-33(30(29)50-34)42-19-39-28-31(37-18-38-32(28)42)41-24-11-7-22(8-12-24)16-27(45)40-23-9-5-21(6-10-23)15-26(44)36-14-13-35-20(2)43/h5-12,18-19,25,29-30,33-34H,4,13-17H2,1-3H3,(H,35,43)(H,36,44)(H,40,45)(H,37,38,41)/t25-,29-,30-,33-,34?/m1/s1. The van der Waals surface area contributed by atoms with Crippen LogP contribution in [0.15, 0.2) is 61.2 Å². The van der Waals surface area contributed by atoms with Crippen LogP contribution in [0.2, 0.25) is 0 Å². The van der Waals surface area contributed by atoms with Crippen molar-refractivity contribution in [3.8, 4) is 0 Å². The molecule has 2 aliphatic heterocycles. The van der Waals surface area contributed by atoms with E-state index in [1.54, 1.807) is 42.3 Å². The second-order valence-corrected chi connectivity index (χ2v) is 11.8. The van der Waals surface area contributed by atoms with Gasteiger partial charge >= 0.3 is 0 Å². The van der Waals surface area contributed by atoms with Crippen LogP contribution >= 0.6 is 0 Å². The zero-order chi connectivity index (χ0) is 35.0. The maximum absolute atomic E-state index is 12.8. The first-order chi connectivity index (χ1) is 24.3. The fourth-order valence-electron chi connectivity index (χ4n) is 5.80. The lowest BCUT2D eigenvalue weighted by Crippen LogP contribution is -2.34. The smallest absolute Gasteiger partial charge is 0.272 e. The molecular formula is C34H40N8O8. The molecule has 0 saturated carbocycles. The Morgan fingerprint density at radius 1 is 0.840 bits per heavy atom. The second-order valence-electron chi connectivity index (χ2n) is 11.8. The van der Waals surface area contributed by atoms with E-state index in [1.165, 1.54) is 13.3 Å². The molecule has 3 amide bonds. The molecule has 2 saturated heterocycles. The zero-order valence-electron chi connectivity index (χ0n) is 28.0. The van der Waals surface area contributed by atoms with E-state index in [9.17, 15) is 14.4 Å². The summed E-state index contributed by atoms with van der Waals surface area (Å²) in [6.45, 7) is 4.01. The molecule has 1 unspecified atom stereocenters. The van der Waals surface area contributed by atoms with Gasteiger partial charge in [-0.2, -0.15) is 0 Å². The number of carbonyl (C=O) groups excluding carboxylic acids is 3. The van der Waals surface area contributed by atoms with E-state index in [4.69, 9.17) is 23.7 Å². The first-order valence-electron chi connectivity index (χ1n) is 16.3. The number of aromatic nitrogens is 4. The number of carbonyl (C=O) groups is 3. The van der Waals surface area contributed by atoms with E-state index in [2.05, 4.69) is 36.2 Å². The average molecular weight is 689 g/mol. The second kappa shape index (κ2) is 16.1. The van der Waals surface area contributed by atoms with Gasteiger partial charge < -0.3 is 45.0 Å². The number of fused-ring (bicyclic) bond motifs is 2. The summed E-state index contributed by atoms with van der Waals surface area (Å²) in [4.78, 5) is 49.3. The average Bonchev–Trinajstić information content (AvgIpc) is 3.80. The lowest BCUT2D eigenvalue weighted by atomic mass is 10.1. The van der Waals surface area contributed by atoms with Gasteiger partial charge in [0.25, 0.3) is 6.48 Å². The Kier molecular flexibility index (Phi) is 11.2. The van der Waals surface area contributed by atoms with Gasteiger partial charge in [-0.25, -0.2) is 15.0 Å². The lowest BCUT2D eigenvalue weighted by molar-refractivity contribution is -0.266. The van der Waals surface area contributed by atoms with Crippen molar-refractivity contribution in [2.24, 2.45) is 0 Å². The molecule has 4 aromatic rings. The number of imidazole rings is 1. The topological polar surface area (TPSA) is 189 Å². The summed E-state index contributed by atoms with van der Waals surface area (Å²) in [6.07, 6.45) is 1.70. The van der Waals surface area contributed by atoms with Crippen LogP contribution in [0, 0.1) is 0 Å². The van der Waals surface area contributed by atoms with E-state index >= 15 is 0 Å². The third-order valence-electron chi connectivity index (χ3n) is 8.09. The molecule has 264 valence electrons. The van der Waals surface area contributed by atoms with Gasteiger partial charge in [-0.1, -0.05) is 24.3 Å². The molecule has 0 spiro atoms. The molecular weight excluding hydrogens is 648 g/mol. The van der Waals surface area contributed by atoms with Crippen molar-refractivity contribution in [3.05, 3.63) is 72.3 Å². The van der Waals surface area contributed by atoms with E-state index in [-0.39, 0.29) is 42.8 Å². The number of amides is 3. The van der Waals surface area contributed by atoms with Crippen LogP contribution in [0.5, 0.6) is 0 Å². The molecule has 16 heteroatoms. The molecule has 2 fully saturated rings. The maximum Gasteiger partial charge on any atom is 0.272 e. The van der Waals surface area contributed by atoms with Gasteiger partial charge in [0.1, 0.15) is 24.6 Å². The van der Waals surface area contributed by atoms with Crippen molar-refractivity contribution in [1.29, 1.82) is 0 Å². The van der Waals surface area contributed by atoms with Crippen LogP contribution in [0.25, 0.3) is 11.2 Å². The third-order valence-corrected chi connectivity index (χ3v) is 8.09. The maximum atomic E-state index is 12.8. The Morgan fingerprint density at radius 2 is 1.52 bits per heavy atom.